The molecule has 2 N–H and O–H groups in total. The van der Waals surface area contributed by atoms with Crippen LogP contribution in [0.3, 0.4) is 0 Å². The summed E-state index contributed by atoms with van der Waals surface area (Å²) in [7, 11) is 0. The molecule has 4 rings (SSSR count). The van der Waals surface area contributed by atoms with Crippen LogP contribution in [0.25, 0.3) is 0 Å². The van der Waals surface area contributed by atoms with Crippen LogP contribution in [-0.4, -0.2) is 24.4 Å². The normalized spacial score (nSPS) is 41.8. The molecule has 1 aliphatic heterocycles. The first-order chi connectivity index (χ1) is 14.4. The summed E-state index contributed by atoms with van der Waals surface area (Å²) >= 11 is 0. The third kappa shape index (κ3) is 3.57. The fourth-order valence-corrected chi connectivity index (χ4v) is 7.60. The summed E-state index contributed by atoms with van der Waals surface area (Å²) in [5.41, 5.74) is 0.165. The Balaban J connectivity index is 1.40. The maximum absolute atomic E-state index is 13.1. The minimum Gasteiger partial charge on any atom is -0.356 e. The van der Waals surface area contributed by atoms with Crippen LogP contribution < -0.4 is 10.6 Å². The van der Waals surface area contributed by atoms with Gasteiger partial charge in [-0.2, -0.15) is 5.26 Å². The van der Waals surface area contributed by atoms with E-state index in [0.717, 1.165) is 57.9 Å². The van der Waals surface area contributed by atoms with Crippen LogP contribution in [0.5, 0.6) is 0 Å². The minimum atomic E-state index is 0.0572. The van der Waals surface area contributed by atoms with Crippen LogP contribution in [0.15, 0.2) is 12.2 Å². The van der Waals surface area contributed by atoms with Gasteiger partial charge in [-0.15, -0.1) is 0 Å². The summed E-state index contributed by atoms with van der Waals surface area (Å²) in [5.74, 6) is 2.33. The number of fused-ring (bicyclic) bond motifs is 5. The number of nitriles is 1. The second-order valence-electron chi connectivity index (χ2n) is 10.6. The minimum absolute atomic E-state index is 0.0572. The van der Waals surface area contributed by atoms with Crippen molar-refractivity contribution in [1.82, 2.24) is 10.6 Å². The van der Waals surface area contributed by atoms with Gasteiger partial charge >= 0.3 is 0 Å². The molecule has 0 spiro atoms. The molecule has 3 fully saturated rings. The lowest BCUT2D eigenvalue weighted by atomic mass is 9.48. The summed E-state index contributed by atoms with van der Waals surface area (Å²) in [4.78, 5) is 24.9. The van der Waals surface area contributed by atoms with Crippen LogP contribution in [0.2, 0.25) is 0 Å². The molecule has 0 aromatic carbocycles. The highest BCUT2D eigenvalue weighted by molar-refractivity contribution is 5.89. The molecule has 164 valence electrons. The van der Waals surface area contributed by atoms with Gasteiger partial charge in [0.15, 0.2) is 0 Å². The largest absolute Gasteiger partial charge is 0.356 e. The van der Waals surface area contributed by atoms with E-state index in [4.69, 9.17) is 5.26 Å². The molecule has 0 aromatic heterocycles. The lowest BCUT2D eigenvalue weighted by molar-refractivity contribution is -0.134. The Morgan fingerprint density at radius 1 is 1.17 bits per heavy atom. The Kier molecular flexibility index (Phi) is 5.97. The van der Waals surface area contributed by atoms with Gasteiger partial charge in [-0.25, -0.2) is 0 Å². The van der Waals surface area contributed by atoms with Crippen molar-refractivity contribution < 1.29 is 9.59 Å². The quantitative estimate of drug-likeness (QED) is 0.646. The number of carbonyl (C=O) groups is 2. The van der Waals surface area contributed by atoms with E-state index < -0.39 is 0 Å². The molecule has 2 amide bonds. The summed E-state index contributed by atoms with van der Waals surface area (Å²) in [5, 5.41) is 15.1. The van der Waals surface area contributed by atoms with Crippen LogP contribution >= 0.6 is 0 Å². The smallest absolute Gasteiger partial charge is 0.243 e. The predicted molar refractivity (Wildman–Crippen MR) is 116 cm³/mol. The SMILES string of the molecule is C[C@]12C=CC(=O)N[C@@H]1CC[C@@H]1[C@@H]2CC[C@]2(C)[C@@H](C(=O)NCCCCCC#N)CC[C@@H]12. The van der Waals surface area contributed by atoms with Gasteiger partial charge in [0, 0.05) is 30.3 Å². The Hall–Kier alpha value is -1.83. The predicted octanol–water partition coefficient (Wildman–Crippen LogP) is 4.10. The molecule has 1 heterocycles. The van der Waals surface area contributed by atoms with E-state index in [0.29, 0.717) is 24.2 Å². The number of carbonyl (C=O) groups excluding carboxylic acids is 2. The van der Waals surface area contributed by atoms with Crippen molar-refractivity contribution in [3.05, 3.63) is 12.2 Å². The summed E-state index contributed by atoms with van der Waals surface area (Å²) in [6.07, 6.45) is 14.1. The van der Waals surface area contributed by atoms with E-state index >= 15 is 0 Å². The first-order valence-electron chi connectivity index (χ1n) is 12.0. The fourth-order valence-electron chi connectivity index (χ4n) is 7.60. The topological polar surface area (TPSA) is 82.0 Å². The van der Waals surface area contributed by atoms with Crippen molar-refractivity contribution >= 4 is 11.8 Å². The van der Waals surface area contributed by atoms with E-state index in [1.165, 1.54) is 6.42 Å². The molecule has 5 heteroatoms. The van der Waals surface area contributed by atoms with E-state index in [2.05, 4.69) is 36.6 Å². The highest BCUT2D eigenvalue weighted by Gasteiger charge is 2.60. The second kappa shape index (κ2) is 8.36. The lowest BCUT2D eigenvalue weighted by Crippen LogP contribution is -2.59. The number of nitrogens with one attached hydrogen (secondary N) is 2. The van der Waals surface area contributed by atoms with E-state index in [1.54, 1.807) is 6.08 Å². The Labute approximate surface area is 181 Å². The molecule has 0 radical (unpaired) electrons. The number of hydrogen-bond donors (Lipinski definition) is 2. The van der Waals surface area contributed by atoms with Gasteiger partial charge in [0.05, 0.1) is 6.07 Å². The standard InChI is InChI=1S/C25H37N3O2/c1-24-13-11-19-17(7-10-21-25(19,2)14-12-22(29)28-21)18(24)8-9-20(24)23(30)27-16-6-4-3-5-15-26/h12,14,17-21H,3-11,13,16H2,1-2H3,(H,27,30)(H,28,29)/t17-,18-,19-,20+,21+,24-,25+/m0/s1. The van der Waals surface area contributed by atoms with E-state index in [9.17, 15) is 9.59 Å². The van der Waals surface area contributed by atoms with Crippen LogP contribution in [-0.2, 0) is 9.59 Å². The van der Waals surface area contributed by atoms with Crippen molar-refractivity contribution in [3.63, 3.8) is 0 Å². The monoisotopic (exact) mass is 411 g/mol. The molecule has 7 atom stereocenters. The van der Waals surface area contributed by atoms with Gasteiger partial charge in [0.2, 0.25) is 11.8 Å². The molecule has 0 bridgehead atoms. The van der Waals surface area contributed by atoms with Crippen molar-refractivity contribution in [1.29, 1.82) is 5.26 Å². The van der Waals surface area contributed by atoms with Gasteiger partial charge in [-0.1, -0.05) is 26.3 Å². The van der Waals surface area contributed by atoms with Gasteiger partial charge in [-0.05, 0) is 80.6 Å². The second-order valence-corrected chi connectivity index (χ2v) is 10.6. The molecule has 0 saturated heterocycles. The molecule has 3 aliphatic carbocycles. The average Bonchev–Trinajstić information content (AvgIpc) is 3.08. The van der Waals surface area contributed by atoms with Gasteiger partial charge in [0.25, 0.3) is 0 Å². The highest BCUT2D eigenvalue weighted by Crippen LogP contribution is 2.64. The zero-order valence-electron chi connectivity index (χ0n) is 18.6. The molecule has 0 aromatic rings. The van der Waals surface area contributed by atoms with Crippen molar-refractivity contribution in [2.45, 2.75) is 84.1 Å². The van der Waals surface area contributed by atoms with Crippen molar-refractivity contribution in [2.75, 3.05) is 6.54 Å². The van der Waals surface area contributed by atoms with Gasteiger partial charge < -0.3 is 10.6 Å². The Morgan fingerprint density at radius 2 is 2.00 bits per heavy atom. The first-order valence-corrected chi connectivity index (χ1v) is 12.0. The van der Waals surface area contributed by atoms with Crippen LogP contribution in [0.1, 0.15) is 78.1 Å². The summed E-state index contributed by atoms with van der Waals surface area (Å²) in [6.45, 7) is 5.46. The Morgan fingerprint density at radius 3 is 2.80 bits per heavy atom. The zero-order valence-corrected chi connectivity index (χ0v) is 18.6. The molecule has 30 heavy (non-hydrogen) atoms. The molecule has 5 nitrogen and oxygen atoms in total. The molecular weight excluding hydrogens is 374 g/mol. The van der Waals surface area contributed by atoms with Crippen LogP contribution in [0.4, 0.5) is 0 Å². The van der Waals surface area contributed by atoms with E-state index in [-0.39, 0.29) is 34.6 Å². The third-order valence-electron chi connectivity index (χ3n) is 9.27. The van der Waals surface area contributed by atoms with Gasteiger partial charge in [-0.3, -0.25) is 9.59 Å². The maximum atomic E-state index is 13.1. The molecule has 0 unspecified atom stereocenters. The first kappa shape index (κ1) is 21.4. The van der Waals surface area contributed by atoms with Crippen molar-refractivity contribution in [3.8, 4) is 6.07 Å². The third-order valence-corrected chi connectivity index (χ3v) is 9.27. The highest BCUT2D eigenvalue weighted by atomic mass is 16.2. The number of unbranched alkanes of at least 4 members (excludes halogenated alkanes) is 3. The molecular formula is C25H37N3O2. The number of rotatable bonds is 6. The van der Waals surface area contributed by atoms with E-state index in [1.807, 2.05) is 0 Å². The molecule has 4 aliphatic rings. The summed E-state index contributed by atoms with van der Waals surface area (Å²) < 4.78 is 0. The maximum Gasteiger partial charge on any atom is 0.243 e. The van der Waals surface area contributed by atoms with Gasteiger partial charge in [0.1, 0.15) is 0 Å². The molecule has 3 saturated carbocycles. The number of amides is 2. The number of hydrogen-bond acceptors (Lipinski definition) is 3. The van der Waals surface area contributed by atoms with Crippen molar-refractivity contribution in [2.24, 2.45) is 34.5 Å². The zero-order chi connectivity index (χ0) is 21.4. The summed E-state index contributed by atoms with van der Waals surface area (Å²) in [6, 6.07) is 2.45. The fraction of sp³-hybridized carbons (Fsp3) is 0.800. The lowest BCUT2D eigenvalue weighted by Gasteiger charge is -2.58. The average molecular weight is 412 g/mol. The Bertz CT molecular complexity index is 756. The van der Waals surface area contributed by atoms with Crippen LogP contribution in [0, 0.1) is 45.8 Å². The number of nitrogens with zero attached hydrogens (tertiary/aromatic N) is 1.